The third kappa shape index (κ3) is 53.3. The van der Waals surface area contributed by atoms with E-state index in [0.717, 1.165) is 70.6 Å². The molecule has 0 radical (unpaired) electrons. The van der Waals surface area contributed by atoms with Gasteiger partial charge in [-0.05, 0) is 83.5 Å². The summed E-state index contributed by atoms with van der Waals surface area (Å²) in [5.74, 6) is -0.0611. The van der Waals surface area contributed by atoms with Crippen molar-refractivity contribution >= 4 is 11.9 Å². The van der Waals surface area contributed by atoms with Gasteiger partial charge < -0.3 is 20.3 Å². The lowest BCUT2D eigenvalue weighted by molar-refractivity contribution is -0.143. The molecule has 0 aliphatic carbocycles. The van der Waals surface area contributed by atoms with E-state index in [1.165, 1.54) is 212 Å². The molecule has 0 aromatic carbocycles. The van der Waals surface area contributed by atoms with E-state index in [0.29, 0.717) is 25.9 Å². The minimum Gasteiger partial charge on any atom is -0.466 e. The van der Waals surface area contributed by atoms with Gasteiger partial charge in [0.05, 0.1) is 25.4 Å². The molecule has 0 heterocycles. The Balaban J connectivity index is 3.46. The molecule has 2 unspecified atom stereocenters. The van der Waals surface area contributed by atoms with Crippen molar-refractivity contribution in [3.8, 4) is 0 Å². The minimum atomic E-state index is -0.671. The Morgan fingerprint density at radius 1 is 0.418 bits per heavy atom. The first-order valence-corrected chi connectivity index (χ1v) is 29.8. The number of hydrogen-bond donors (Lipinski definition) is 3. The van der Waals surface area contributed by atoms with Crippen molar-refractivity contribution < 1.29 is 24.5 Å². The number of carbonyl (C=O) groups is 2. The molecule has 0 fully saturated rings. The number of carbonyl (C=O) groups excluding carboxylic acids is 2. The van der Waals surface area contributed by atoms with Crippen LogP contribution in [0.15, 0.2) is 36.5 Å². The molecule has 67 heavy (non-hydrogen) atoms. The van der Waals surface area contributed by atoms with E-state index in [1.54, 1.807) is 0 Å². The smallest absolute Gasteiger partial charge is 0.305 e. The Labute approximate surface area is 417 Å². The van der Waals surface area contributed by atoms with Crippen molar-refractivity contribution in [2.75, 3.05) is 13.2 Å². The molecule has 0 aromatic rings. The highest BCUT2D eigenvalue weighted by atomic mass is 16.5. The van der Waals surface area contributed by atoms with Crippen LogP contribution in [0.4, 0.5) is 0 Å². The van der Waals surface area contributed by atoms with Crippen molar-refractivity contribution in [3.63, 3.8) is 0 Å². The van der Waals surface area contributed by atoms with E-state index < -0.39 is 12.1 Å². The van der Waals surface area contributed by atoms with Gasteiger partial charge >= 0.3 is 5.97 Å². The molecule has 0 aliphatic rings. The van der Waals surface area contributed by atoms with Gasteiger partial charge in [-0.2, -0.15) is 0 Å². The summed E-state index contributed by atoms with van der Waals surface area (Å²) in [6.45, 7) is 4.91. The number of hydrogen-bond acceptors (Lipinski definition) is 5. The second-order valence-electron chi connectivity index (χ2n) is 20.4. The van der Waals surface area contributed by atoms with Crippen molar-refractivity contribution in [3.05, 3.63) is 36.5 Å². The molecule has 6 nitrogen and oxygen atoms in total. The van der Waals surface area contributed by atoms with Gasteiger partial charge in [-0.25, -0.2) is 0 Å². The van der Waals surface area contributed by atoms with Gasteiger partial charge in [0.15, 0.2) is 0 Å². The number of nitrogens with one attached hydrogen (secondary N) is 1. The van der Waals surface area contributed by atoms with Crippen LogP contribution < -0.4 is 5.32 Å². The normalized spacial score (nSPS) is 12.8. The topological polar surface area (TPSA) is 95.9 Å². The van der Waals surface area contributed by atoms with E-state index in [-0.39, 0.29) is 18.5 Å². The molecule has 1 amide bonds. The average molecular weight is 943 g/mol. The summed E-state index contributed by atoms with van der Waals surface area (Å²) in [5, 5.41) is 23.2. The van der Waals surface area contributed by atoms with Gasteiger partial charge in [-0.1, -0.05) is 256 Å². The molecule has 0 aliphatic heterocycles. The number of allylic oxidation sites excluding steroid dienone is 6. The molecule has 6 heteroatoms. The summed E-state index contributed by atoms with van der Waals surface area (Å²) in [7, 11) is 0. The van der Waals surface area contributed by atoms with Crippen LogP contribution in [0.1, 0.15) is 316 Å². The van der Waals surface area contributed by atoms with E-state index in [1.807, 2.05) is 0 Å². The van der Waals surface area contributed by atoms with E-state index in [9.17, 15) is 19.8 Å². The number of ether oxygens (including phenoxy) is 1. The molecule has 0 saturated carbocycles. The lowest BCUT2D eigenvalue weighted by atomic mass is 10.0. The van der Waals surface area contributed by atoms with Crippen molar-refractivity contribution in [1.82, 2.24) is 5.32 Å². The lowest BCUT2D eigenvalue weighted by Gasteiger charge is -2.22. The van der Waals surface area contributed by atoms with Gasteiger partial charge in [-0.3, -0.25) is 9.59 Å². The molecule has 3 N–H and O–H groups in total. The molecule has 0 bridgehead atoms. The standard InChI is InChI=1S/C61H115NO5/c1-3-5-7-9-11-13-15-17-18-19-24-27-31-35-39-43-47-51-55-61(66)67-56-52-48-44-40-36-32-28-25-22-20-21-23-26-30-34-38-42-46-50-54-60(65)62-58(57-63)59(64)53-49-45-41-37-33-29-16-14-12-10-8-6-4-2/h18-19,25,28,32,36,58-59,63-64H,3-17,20-24,26-27,29-31,33-35,37-57H2,1-2H3,(H,62,65)/b19-18-,28-25-,36-32-. The van der Waals surface area contributed by atoms with E-state index >= 15 is 0 Å². The van der Waals surface area contributed by atoms with Crippen molar-refractivity contribution in [2.24, 2.45) is 0 Å². The first kappa shape index (κ1) is 65.1. The van der Waals surface area contributed by atoms with Crippen molar-refractivity contribution in [1.29, 1.82) is 0 Å². The Bertz CT molecular complexity index is 1090. The highest BCUT2D eigenvalue weighted by Gasteiger charge is 2.20. The monoisotopic (exact) mass is 942 g/mol. The van der Waals surface area contributed by atoms with Crippen LogP contribution in [-0.4, -0.2) is 47.4 Å². The summed E-state index contributed by atoms with van der Waals surface area (Å²) >= 11 is 0. The second kappa shape index (κ2) is 56.7. The third-order valence-corrected chi connectivity index (χ3v) is 13.7. The quantitative estimate of drug-likeness (QED) is 0.0244. The first-order chi connectivity index (χ1) is 33.0. The summed E-state index contributed by atoms with van der Waals surface area (Å²) < 4.78 is 5.46. The van der Waals surface area contributed by atoms with Crippen LogP contribution in [-0.2, 0) is 14.3 Å². The Hall–Kier alpha value is -1.92. The molecule has 0 rings (SSSR count). The van der Waals surface area contributed by atoms with Gasteiger partial charge in [-0.15, -0.1) is 0 Å². The number of esters is 1. The summed E-state index contributed by atoms with van der Waals surface area (Å²) in [4.78, 5) is 24.5. The maximum atomic E-state index is 12.5. The third-order valence-electron chi connectivity index (χ3n) is 13.7. The van der Waals surface area contributed by atoms with Gasteiger partial charge in [0.25, 0.3) is 0 Å². The molecule has 394 valence electrons. The molecule has 0 saturated heterocycles. The molecular weight excluding hydrogens is 827 g/mol. The SMILES string of the molecule is CCCCCCCCC/C=C\CCCCCCCCCC(=O)OCCCCC/C=C\C=C/CCCCCCCCCCCCC(=O)NC(CO)C(O)CCCCCCCCCCCCCCC. The van der Waals surface area contributed by atoms with Crippen LogP contribution in [0, 0.1) is 0 Å². The summed E-state index contributed by atoms with van der Waals surface area (Å²) in [5.41, 5.74) is 0. The van der Waals surface area contributed by atoms with Crippen LogP contribution >= 0.6 is 0 Å². The van der Waals surface area contributed by atoms with Crippen LogP contribution in [0.2, 0.25) is 0 Å². The number of aliphatic hydroxyl groups excluding tert-OH is 2. The van der Waals surface area contributed by atoms with E-state index in [2.05, 4.69) is 55.6 Å². The fraction of sp³-hybridized carbons (Fsp3) is 0.869. The zero-order chi connectivity index (χ0) is 48.6. The first-order valence-electron chi connectivity index (χ1n) is 29.8. The number of aliphatic hydroxyl groups is 2. The van der Waals surface area contributed by atoms with Gasteiger partial charge in [0, 0.05) is 12.8 Å². The molecule has 0 spiro atoms. The van der Waals surface area contributed by atoms with Crippen LogP contribution in [0.25, 0.3) is 0 Å². The summed E-state index contributed by atoms with van der Waals surface area (Å²) in [6.07, 6.45) is 70.0. The Morgan fingerprint density at radius 2 is 0.746 bits per heavy atom. The van der Waals surface area contributed by atoms with Gasteiger partial charge in [0.1, 0.15) is 0 Å². The molecule has 2 atom stereocenters. The Morgan fingerprint density at radius 3 is 1.15 bits per heavy atom. The lowest BCUT2D eigenvalue weighted by Crippen LogP contribution is -2.45. The zero-order valence-electron chi connectivity index (χ0n) is 44.9. The largest absolute Gasteiger partial charge is 0.466 e. The Kier molecular flexibility index (Phi) is 55.0. The van der Waals surface area contributed by atoms with E-state index in [4.69, 9.17) is 4.74 Å². The predicted octanol–water partition coefficient (Wildman–Crippen LogP) is 18.4. The second-order valence-corrected chi connectivity index (χ2v) is 20.4. The fourth-order valence-corrected chi connectivity index (χ4v) is 9.10. The fourth-order valence-electron chi connectivity index (χ4n) is 9.10. The maximum Gasteiger partial charge on any atom is 0.305 e. The maximum absolute atomic E-state index is 12.5. The number of unbranched alkanes of at least 4 members (excludes halogenated alkanes) is 39. The zero-order valence-corrected chi connectivity index (χ0v) is 44.9. The van der Waals surface area contributed by atoms with Crippen LogP contribution in [0.5, 0.6) is 0 Å². The summed E-state index contributed by atoms with van der Waals surface area (Å²) in [6, 6.07) is -0.549. The average Bonchev–Trinajstić information content (AvgIpc) is 3.33. The highest BCUT2D eigenvalue weighted by Crippen LogP contribution is 2.17. The highest BCUT2D eigenvalue weighted by molar-refractivity contribution is 5.76. The molecule has 0 aromatic heterocycles. The van der Waals surface area contributed by atoms with Crippen molar-refractivity contribution in [2.45, 2.75) is 328 Å². The number of amides is 1. The predicted molar refractivity (Wildman–Crippen MR) is 292 cm³/mol. The molecular formula is C61H115NO5. The van der Waals surface area contributed by atoms with Gasteiger partial charge in [0.2, 0.25) is 5.91 Å². The number of rotatable bonds is 55. The van der Waals surface area contributed by atoms with Crippen LogP contribution in [0.3, 0.4) is 0 Å². The minimum absolute atomic E-state index is 0.0163.